The van der Waals surface area contributed by atoms with Crippen LogP contribution in [-0.2, 0) is 0 Å². The predicted molar refractivity (Wildman–Crippen MR) is 63.8 cm³/mol. The van der Waals surface area contributed by atoms with Gasteiger partial charge in [-0.05, 0) is 30.4 Å². The maximum atomic E-state index is 11.7. The molecule has 16 heavy (non-hydrogen) atoms. The Hall–Kier alpha value is -1.82. The molecule has 0 aromatic heterocycles. The molecule has 0 spiro atoms. The number of carbonyl (C=O) groups is 1. The zero-order valence-corrected chi connectivity index (χ0v) is 9.76. The topological polar surface area (TPSA) is 73.6 Å². The van der Waals surface area contributed by atoms with Gasteiger partial charge < -0.3 is 15.2 Å². The second-order valence-corrected chi connectivity index (χ2v) is 3.32. The lowest BCUT2D eigenvalue weighted by molar-refractivity contribution is 0.0974. The van der Waals surface area contributed by atoms with Gasteiger partial charge in [0.1, 0.15) is 11.5 Å². The summed E-state index contributed by atoms with van der Waals surface area (Å²) in [6.45, 7) is 0. The normalized spacial score (nSPS) is 9.38. The van der Waals surface area contributed by atoms with E-state index in [9.17, 15) is 4.79 Å². The highest BCUT2D eigenvalue weighted by Crippen LogP contribution is 2.23. The molecule has 0 aliphatic rings. The minimum Gasteiger partial charge on any atom is -0.497 e. The Bertz CT molecular complexity index is 421. The number of nitrogens with two attached hydrogens (primary N) is 1. The van der Waals surface area contributed by atoms with Crippen molar-refractivity contribution in [1.82, 2.24) is 5.32 Å². The van der Waals surface area contributed by atoms with E-state index in [2.05, 4.69) is 17.5 Å². The molecule has 6 heteroatoms. The SMILES string of the molecule is COc1ccc(OC)c(C(=O)NC(N)=S)c1. The summed E-state index contributed by atoms with van der Waals surface area (Å²) in [6.07, 6.45) is 0. The molecule has 0 unspecified atom stereocenters. The first-order valence-corrected chi connectivity index (χ1v) is 4.82. The monoisotopic (exact) mass is 240 g/mol. The number of amides is 1. The van der Waals surface area contributed by atoms with E-state index in [1.807, 2.05) is 0 Å². The minimum atomic E-state index is -0.428. The van der Waals surface area contributed by atoms with Crippen molar-refractivity contribution in [2.45, 2.75) is 0 Å². The molecule has 0 heterocycles. The Kier molecular flexibility index (Phi) is 4.07. The smallest absolute Gasteiger partial charge is 0.261 e. The number of rotatable bonds is 3. The number of nitrogens with one attached hydrogen (secondary N) is 1. The maximum Gasteiger partial charge on any atom is 0.261 e. The highest BCUT2D eigenvalue weighted by atomic mass is 32.1. The van der Waals surface area contributed by atoms with E-state index in [0.29, 0.717) is 17.1 Å². The van der Waals surface area contributed by atoms with Gasteiger partial charge in [0.05, 0.1) is 19.8 Å². The molecule has 0 bridgehead atoms. The molecule has 1 aromatic carbocycles. The zero-order chi connectivity index (χ0) is 12.1. The molecule has 1 rings (SSSR count). The van der Waals surface area contributed by atoms with E-state index in [1.165, 1.54) is 14.2 Å². The van der Waals surface area contributed by atoms with E-state index >= 15 is 0 Å². The lowest BCUT2D eigenvalue weighted by Gasteiger charge is -2.09. The van der Waals surface area contributed by atoms with Crippen LogP contribution in [0.2, 0.25) is 0 Å². The molecule has 0 aliphatic carbocycles. The van der Waals surface area contributed by atoms with Gasteiger partial charge in [-0.15, -0.1) is 0 Å². The Morgan fingerprint density at radius 2 is 2.06 bits per heavy atom. The standard InChI is InChI=1S/C10H12N2O3S/c1-14-6-3-4-8(15-2)7(5-6)9(13)12-10(11)16/h3-5H,1-2H3,(H3,11,12,13,16). The van der Waals surface area contributed by atoms with Gasteiger partial charge in [0, 0.05) is 0 Å². The maximum absolute atomic E-state index is 11.7. The largest absolute Gasteiger partial charge is 0.497 e. The molecule has 0 saturated carbocycles. The van der Waals surface area contributed by atoms with Crippen molar-refractivity contribution >= 4 is 23.2 Å². The fourth-order valence-electron chi connectivity index (χ4n) is 1.17. The van der Waals surface area contributed by atoms with Crippen LogP contribution in [0.3, 0.4) is 0 Å². The molecular formula is C10H12N2O3S. The molecule has 1 amide bonds. The first kappa shape index (κ1) is 12.3. The van der Waals surface area contributed by atoms with E-state index in [-0.39, 0.29) is 5.11 Å². The first-order valence-electron chi connectivity index (χ1n) is 4.41. The Morgan fingerprint density at radius 1 is 1.38 bits per heavy atom. The van der Waals surface area contributed by atoms with Crippen LogP contribution in [0.15, 0.2) is 18.2 Å². The molecule has 0 saturated heterocycles. The molecule has 5 nitrogen and oxygen atoms in total. The van der Waals surface area contributed by atoms with Crippen molar-refractivity contribution in [2.75, 3.05) is 14.2 Å². The lowest BCUT2D eigenvalue weighted by Crippen LogP contribution is -2.34. The Morgan fingerprint density at radius 3 is 2.56 bits per heavy atom. The number of hydrogen-bond donors (Lipinski definition) is 2. The predicted octanol–water partition coefficient (Wildman–Crippen LogP) is 0.677. The summed E-state index contributed by atoms with van der Waals surface area (Å²) in [5.41, 5.74) is 5.53. The summed E-state index contributed by atoms with van der Waals surface area (Å²) in [6, 6.07) is 4.87. The van der Waals surface area contributed by atoms with Crippen LogP contribution in [-0.4, -0.2) is 25.2 Å². The number of thiocarbonyl (C=S) groups is 1. The number of methoxy groups -OCH3 is 2. The van der Waals surface area contributed by atoms with E-state index in [4.69, 9.17) is 15.2 Å². The Balaban J connectivity index is 3.08. The van der Waals surface area contributed by atoms with E-state index in [1.54, 1.807) is 18.2 Å². The Labute approximate surface area is 98.5 Å². The molecule has 1 aromatic rings. The van der Waals surface area contributed by atoms with Gasteiger partial charge in [0.25, 0.3) is 5.91 Å². The number of hydrogen-bond acceptors (Lipinski definition) is 4. The third kappa shape index (κ3) is 2.83. The quantitative estimate of drug-likeness (QED) is 0.760. The van der Waals surface area contributed by atoms with Gasteiger partial charge in [-0.1, -0.05) is 0 Å². The summed E-state index contributed by atoms with van der Waals surface area (Å²) in [5, 5.41) is 2.23. The van der Waals surface area contributed by atoms with Gasteiger partial charge >= 0.3 is 0 Å². The molecule has 0 atom stereocenters. The highest BCUT2D eigenvalue weighted by molar-refractivity contribution is 7.80. The average molecular weight is 240 g/mol. The first-order chi connectivity index (χ1) is 7.58. The molecule has 0 aliphatic heterocycles. The summed E-state index contributed by atoms with van der Waals surface area (Å²) in [4.78, 5) is 11.7. The van der Waals surface area contributed by atoms with Crippen LogP contribution in [0.1, 0.15) is 10.4 Å². The van der Waals surface area contributed by atoms with Gasteiger partial charge in [-0.3, -0.25) is 10.1 Å². The van der Waals surface area contributed by atoms with E-state index in [0.717, 1.165) is 0 Å². The van der Waals surface area contributed by atoms with Crippen LogP contribution >= 0.6 is 12.2 Å². The molecule has 3 N–H and O–H groups in total. The third-order valence-electron chi connectivity index (χ3n) is 1.89. The van der Waals surface area contributed by atoms with Crippen molar-refractivity contribution in [1.29, 1.82) is 0 Å². The van der Waals surface area contributed by atoms with Crippen LogP contribution < -0.4 is 20.5 Å². The molecular weight excluding hydrogens is 228 g/mol. The van der Waals surface area contributed by atoms with Gasteiger partial charge in [0.15, 0.2) is 5.11 Å². The summed E-state index contributed by atoms with van der Waals surface area (Å²) >= 11 is 4.59. The molecule has 0 fully saturated rings. The van der Waals surface area contributed by atoms with Crippen LogP contribution in [0.5, 0.6) is 11.5 Å². The van der Waals surface area contributed by atoms with Crippen molar-refractivity contribution < 1.29 is 14.3 Å². The summed E-state index contributed by atoms with van der Waals surface area (Å²) in [7, 11) is 2.98. The average Bonchev–Trinajstić information content (AvgIpc) is 2.27. The van der Waals surface area contributed by atoms with Crippen molar-refractivity contribution in [3.8, 4) is 11.5 Å². The summed E-state index contributed by atoms with van der Waals surface area (Å²) < 4.78 is 10.1. The van der Waals surface area contributed by atoms with Crippen LogP contribution in [0, 0.1) is 0 Å². The zero-order valence-electron chi connectivity index (χ0n) is 8.94. The number of benzene rings is 1. The highest BCUT2D eigenvalue weighted by Gasteiger charge is 2.13. The minimum absolute atomic E-state index is 0.0881. The fraction of sp³-hybridized carbons (Fsp3) is 0.200. The molecule has 0 radical (unpaired) electrons. The van der Waals surface area contributed by atoms with Gasteiger partial charge in [0.2, 0.25) is 0 Å². The van der Waals surface area contributed by atoms with Crippen LogP contribution in [0.25, 0.3) is 0 Å². The van der Waals surface area contributed by atoms with Crippen molar-refractivity contribution in [3.63, 3.8) is 0 Å². The second kappa shape index (κ2) is 5.32. The van der Waals surface area contributed by atoms with Gasteiger partial charge in [-0.2, -0.15) is 0 Å². The number of carbonyl (C=O) groups excluding carboxylic acids is 1. The van der Waals surface area contributed by atoms with Gasteiger partial charge in [-0.25, -0.2) is 0 Å². The fourth-order valence-corrected chi connectivity index (χ4v) is 1.26. The number of ether oxygens (including phenoxy) is 2. The molecule has 86 valence electrons. The lowest BCUT2D eigenvalue weighted by atomic mass is 10.1. The third-order valence-corrected chi connectivity index (χ3v) is 1.99. The second-order valence-electron chi connectivity index (χ2n) is 2.88. The summed E-state index contributed by atoms with van der Waals surface area (Å²) in [5.74, 6) is 0.548. The van der Waals surface area contributed by atoms with Crippen molar-refractivity contribution in [2.24, 2.45) is 5.73 Å². The van der Waals surface area contributed by atoms with Crippen molar-refractivity contribution in [3.05, 3.63) is 23.8 Å². The van der Waals surface area contributed by atoms with E-state index < -0.39 is 5.91 Å². The van der Waals surface area contributed by atoms with Crippen LogP contribution in [0.4, 0.5) is 0 Å².